The first-order chi connectivity index (χ1) is 8.93. The van der Waals surface area contributed by atoms with Crippen LogP contribution in [-0.4, -0.2) is 35.0 Å². The molecule has 0 aromatic heterocycles. The zero-order valence-electron chi connectivity index (χ0n) is 12.0. The zero-order valence-corrected chi connectivity index (χ0v) is 12.0. The monoisotopic (exact) mass is 267 g/mol. The highest BCUT2D eigenvalue weighted by Crippen LogP contribution is 2.35. The number of hydrogen-bond acceptors (Lipinski definition) is 2. The Kier molecular flexibility index (Phi) is 4.16. The first-order valence-corrected chi connectivity index (χ1v) is 7.45. The lowest BCUT2D eigenvalue weighted by molar-refractivity contribution is -0.153. The Hall–Kier alpha value is -1.06. The van der Waals surface area contributed by atoms with E-state index in [-0.39, 0.29) is 17.7 Å². The van der Waals surface area contributed by atoms with Gasteiger partial charge in [0.15, 0.2) is 0 Å². The molecular formula is C15H25NO3. The van der Waals surface area contributed by atoms with Crippen molar-refractivity contribution in [3.8, 4) is 0 Å². The molecule has 108 valence electrons. The lowest BCUT2D eigenvalue weighted by Crippen LogP contribution is -2.48. The molecule has 1 saturated heterocycles. The van der Waals surface area contributed by atoms with Gasteiger partial charge in [-0.05, 0) is 45.4 Å². The standard InChI is InChI=1S/C15H25NO3/c1-15(2,14(18)19)12-8-5-9-16(10-12)13(17)11-6-3-4-7-11/h11-12H,3-10H2,1-2H3,(H,18,19). The molecule has 2 aliphatic rings. The van der Waals surface area contributed by atoms with Crippen LogP contribution in [0.15, 0.2) is 0 Å². The van der Waals surface area contributed by atoms with Crippen molar-refractivity contribution in [1.29, 1.82) is 0 Å². The molecule has 0 aromatic carbocycles. The minimum atomic E-state index is -0.757. The molecule has 19 heavy (non-hydrogen) atoms. The summed E-state index contributed by atoms with van der Waals surface area (Å²) in [5.74, 6) is -0.216. The van der Waals surface area contributed by atoms with E-state index in [1.807, 2.05) is 4.90 Å². The maximum atomic E-state index is 12.4. The summed E-state index contributed by atoms with van der Waals surface area (Å²) in [6, 6.07) is 0. The van der Waals surface area contributed by atoms with Gasteiger partial charge in [-0.1, -0.05) is 12.8 Å². The predicted molar refractivity (Wildman–Crippen MR) is 72.7 cm³/mol. The number of carbonyl (C=O) groups is 2. The first-order valence-electron chi connectivity index (χ1n) is 7.45. The molecule has 1 atom stereocenters. The lowest BCUT2D eigenvalue weighted by atomic mass is 9.74. The highest BCUT2D eigenvalue weighted by molar-refractivity contribution is 5.79. The van der Waals surface area contributed by atoms with E-state index < -0.39 is 11.4 Å². The summed E-state index contributed by atoms with van der Waals surface area (Å²) in [6.07, 6.45) is 6.20. The van der Waals surface area contributed by atoms with Gasteiger partial charge in [-0.25, -0.2) is 0 Å². The first kappa shape index (κ1) is 14.4. The van der Waals surface area contributed by atoms with E-state index in [4.69, 9.17) is 0 Å². The van der Waals surface area contributed by atoms with Crippen molar-refractivity contribution >= 4 is 11.9 Å². The van der Waals surface area contributed by atoms with E-state index in [0.717, 1.165) is 45.1 Å². The van der Waals surface area contributed by atoms with Crippen LogP contribution < -0.4 is 0 Å². The molecule has 1 saturated carbocycles. The van der Waals surface area contributed by atoms with E-state index in [2.05, 4.69) is 0 Å². The van der Waals surface area contributed by atoms with Crippen molar-refractivity contribution in [3.05, 3.63) is 0 Å². The Labute approximate surface area is 115 Å². The fourth-order valence-corrected chi connectivity index (χ4v) is 3.37. The molecule has 1 aliphatic heterocycles. The molecule has 4 nitrogen and oxygen atoms in total. The van der Waals surface area contributed by atoms with Gasteiger partial charge in [0, 0.05) is 19.0 Å². The average Bonchev–Trinajstić information content (AvgIpc) is 2.91. The third-order valence-corrected chi connectivity index (χ3v) is 5.01. The smallest absolute Gasteiger partial charge is 0.309 e. The highest BCUT2D eigenvalue weighted by atomic mass is 16.4. The van der Waals surface area contributed by atoms with Gasteiger partial charge in [-0.15, -0.1) is 0 Å². The van der Waals surface area contributed by atoms with Gasteiger partial charge in [0.05, 0.1) is 5.41 Å². The van der Waals surface area contributed by atoms with Crippen molar-refractivity contribution in [2.75, 3.05) is 13.1 Å². The Morgan fingerprint density at radius 3 is 2.32 bits per heavy atom. The molecule has 1 N–H and O–H groups in total. The van der Waals surface area contributed by atoms with Crippen LogP contribution >= 0.6 is 0 Å². The largest absolute Gasteiger partial charge is 0.481 e. The van der Waals surface area contributed by atoms with Gasteiger partial charge in [0.2, 0.25) is 5.91 Å². The van der Waals surface area contributed by atoms with E-state index >= 15 is 0 Å². The Morgan fingerprint density at radius 2 is 1.74 bits per heavy atom. The van der Waals surface area contributed by atoms with Gasteiger partial charge in [-0.3, -0.25) is 9.59 Å². The third-order valence-electron chi connectivity index (χ3n) is 5.01. The number of amides is 1. The van der Waals surface area contributed by atoms with Crippen molar-refractivity contribution in [2.24, 2.45) is 17.3 Å². The van der Waals surface area contributed by atoms with Crippen LogP contribution in [0.5, 0.6) is 0 Å². The molecule has 2 fully saturated rings. The van der Waals surface area contributed by atoms with Gasteiger partial charge >= 0.3 is 5.97 Å². The van der Waals surface area contributed by atoms with Crippen LogP contribution in [0.1, 0.15) is 52.4 Å². The van der Waals surface area contributed by atoms with E-state index in [1.165, 1.54) is 0 Å². The average molecular weight is 267 g/mol. The number of carboxylic acids is 1. The van der Waals surface area contributed by atoms with Gasteiger partial charge in [-0.2, -0.15) is 0 Å². The van der Waals surface area contributed by atoms with Crippen molar-refractivity contribution in [1.82, 2.24) is 4.90 Å². The number of carbonyl (C=O) groups excluding carboxylic acids is 1. The van der Waals surface area contributed by atoms with E-state index in [0.29, 0.717) is 6.54 Å². The van der Waals surface area contributed by atoms with Crippen LogP contribution in [-0.2, 0) is 9.59 Å². The fourth-order valence-electron chi connectivity index (χ4n) is 3.37. The second-order valence-corrected chi connectivity index (χ2v) is 6.63. The van der Waals surface area contributed by atoms with Gasteiger partial charge in [0.1, 0.15) is 0 Å². The van der Waals surface area contributed by atoms with Crippen LogP contribution in [0.25, 0.3) is 0 Å². The molecule has 0 aromatic rings. The second kappa shape index (κ2) is 5.51. The fraction of sp³-hybridized carbons (Fsp3) is 0.867. The summed E-state index contributed by atoms with van der Waals surface area (Å²) in [5.41, 5.74) is -0.741. The Bertz CT molecular complexity index is 358. The quantitative estimate of drug-likeness (QED) is 0.855. The molecule has 2 rings (SSSR count). The van der Waals surface area contributed by atoms with Gasteiger partial charge < -0.3 is 10.0 Å². The molecule has 0 bridgehead atoms. The summed E-state index contributed by atoms with van der Waals surface area (Å²) < 4.78 is 0. The molecule has 4 heteroatoms. The number of likely N-dealkylation sites (tertiary alicyclic amines) is 1. The number of hydrogen-bond donors (Lipinski definition) is 1. The number of rotatable bonds is 3. The SMILES string of the molecule is CC(C)(C(=O)O)C1CCCN(C(=O)C2CCCC2)C1. The third kappa shape index (κ3) is 2.93. The summed E-state index contributed by atoms with van der Waals surface area (Å²) >= 11 is 0. The molecule has 0 radical (unpaired) electrons. The molecular weight excluding hydrogens is 242 g/mol. The molecule has 0 spiro atoms. The maximum Gasteiger partial charge on any atom is 0.309 e. The zero-order chi connectivity index (χ0) is 14.0. The Balaban J connectivity index is 2.00. The van der Waals surface area contributed by atoms with Crippen molar-refractivity contribution in [2.45, 2.75) is 52.4 Å². The predicted octanol–water partition coefficient (Wildman–Crippen LogP) is 2.53. The molecule has 1 aliphatic carbocycles. The van der Waals surface area contributed by atoms with Crippen molar-refractivity contribution < 1.29 is 14.7 Å². The molecule has 1 unspecified atom stereocenters. The number of aliphatic carboxylic acids is 1. The molecule has 1 amide bonds. The summed E-state index contributed by atoms with van der Waals surface area (Å²) in [5, 5.41) is 9.33. The lowest BCUT2D eigenvalue weighted by Gasteiger charge is -2.40. The van der Waals surface area contributed by atoms with E-state index in [1.54, 1.807) is 13.8 Å². The number of piperidine rings is 1. The van der Waals surface area contributed by atoms with Crippen LogP contribution in [0.4, 0.5) is 0 Å². The number of nitrogens with zero attached hydrogens (tertiary/aromatic N) is 1. The van der Waals surface area contributed by atoms with Gasteiger partial charge in [0.25, 0.3) is 0 Å². The minimum Gasteiger partial charge on any atom is -0.481 e. The maximum absolute atomic E-state index is 12.4. The topological polar surface area (TPSA) is 57.6 Å². The van der Waals surface area contributed by atoms with Crippen LogP contribution in [0, 0.1) is 17.3 Å². The van der Waals surface area contributed by atoms with Crippen LogP contribution in [0.3, 0.4) is 0 Å². The molecule has 1 heterocycles. The normalized spacial score (nSPS) is 25.6. The summed E-state index contributed by atoms with van der Waals surface area (Å²) in [6.45, 7) is 4.99. The van der Waals surface area contributed by atoms with E-state index in [9.17, 15) is 14.7 Å². The summed E-state index contributed by atoms with van der Waals surface area (Å²) in [4.78, 5) is 25.7. The summed E-state index contributed by atoms with van der Waals surface area (Å²) in [7, 11) is 0. The highest BCUT2D eigenvalue weighted by Gasteiger charge is 2.41. The second-order valence-electron chi connectivity index (χ2n) is 6.63. The van der Waals surface area contributed by atoms with Crippen LogP contribution in [0.2, 0.25) is 0 Å². The minimum absolute atomic E-state index is 0.0732. The van der Waals surface area contributed by atoms with Crippen molar-refractivity contribution in [3.63, 3.8) is 0 Å². The number of carboxylic acid groups (broad SMARTS) is 1. The Morgan fingerprint density at radius 1 is 1.11 bits per heavy atom.